The third-order valence-electron chi connectivity index (χ3n) is 6.18. The highest BCUT2D eigenvalue weighted by Crippen LogP contribution is 2.23. The molecule has 0 bridgehead atoms. The van der Waals surface area contributed by atoms with Crippen molar-refractivity contribution in [2.45, 2.75) is 51.9 Å². The molecule has 0 unspecified atom stereocenters. The lowest BCUT2D eigenvalue weighted by Gasteiger charge is -2.28. The van der Waals surface area contributed by atoms with Gasteiger partial charge in [-0.2, -0.15) is 0 Å². The van der Waals surface area contributed by atoms with E-state index in [2.05, 4.69) is 10.6 Å². The first-order valence-corrected chi connectivity index (χ1v) is 12.7. The van der Waals surface area contributed by atoms with E-state index in [1.54, 1.807) is 12.1 Å². The van der Waals surface area contributed by atoms with Crippen LogP contribution in [0.15, 0.2) is 66.7 Å². The van der Waals surface area contributed by atoms with E-state index in [1.165, 1.54) is 6.07 Å². The number of benzene rings is 3. The van der Waals surface area contributed by atoms with E-state index in [-0.39, 0.29) is 23.8 Å². The van der Waals surface area contributed by atoms with Crippen molar-refractivity contribution in [2.24, 2.45) is 0 Å². The van der Waals surface area contributed by atoms with Crippen LogP contribution in [0.5, 0.6) is 11.5 Å². The fourth-order valence-electron chi connectivity index (χ4n) is 4.21. The molecule has 0 radical (unpaired) electrons. The van der Waals surface area contributed by atoms with Gasteiger partial charge < -0.3 is 30.7 Å². The van der Waals surface area contributed by atoms with Gasteiger partial charge in [0.2, 0.25) is 0 Å². The van der Waals surface area contributed by atoms with Crippen molar-refractivity contribution in [3.63, 3.8) is 0 Å². The fraction of sp³-hybridized carbons (Fsp3) is 0.367. The van der Waals surface area contributed by atoms with Gasteiger partial charge in [-0.3, -0.25) is 4.79 Å². The largest absolute Gasteiger partial charge is 0.508 e. The topological polar surface area (TPSA) is 111 Å². The predicted molar refractivity (Wildman–Crippen MR) is 145 cm³/mol. The number of hydrogen-bond donors (Lipinski definition) is 5. The van der Waals surface area contributed by atoms with Crippen LogP contribution in [-0.4, -0.2) is 46.5 Å². The molecule has 1 atom stereocenters. The summed E-state index contributed by atoms with van der Waals surface area (Å²) >= 11 is 0. The number of ether oxygens (including phenoxy) is 1. The van der Waals surface area contributed by atoms with Crippen LogP contribution in [0.4, 0.5) is 0 Å². The van der Waals surface area contributed by atoms with Gasteiger partial charge in [-0.15, -0.1) is 0 Å². The first-order chi connectivity index (χ1) is 17.7. The number of phenols is 1. The van der Waals surface area contributed by atoms with Crippen LogP contribution in [-0.2, 0) is 19.4 Å². The Balaban J connectivity index is 1.52. The van der Waals surface area contributed by atoms with Gasteiger partial charge in [0.25, 0.3) is 5.91 Å². The monoisotopic (exact) mass is 506 g/mol. The number of aliphatic hydroxyl groups is 2. The van der Waals surface area contributed by atoms with Crippen molar-refractivity contribution in [3.8, 4) is 11.5 Å². The average Bonchev–Trinajstić information content (AvgIpc) is 2.88. The summed E-state index contributed by atoms with van der Waals surface area (Å²) in [5, 5.41) is 36.1. The molecule has 0 aromatic heterocycles. The maximum absolute atomic E-state index is 12.8. The first kappa shape index (κ1) is 28.2. The number of aliphatic hydroxyl groups excluding tert-OH is 2. The molecule has 0 aliphatic heterocycles. The summed E-state index contributed by atoms with van der Waals surface area (Å²) in [5.41, 5.74) is 3.37. The van der Waals surface area contributed by atoms with Gasteiger partial charge in [0.05, 0.1) is 19.3 Å². The number of hydrogen-bond acceptors (Lipinski definition) is 6. The quantitative estimate of drug-likeness (QED) is 0.241. The summed E-state index contributed by atoms with van der Waals surface area (Å²) in [6.45, 7) is 7.18. The van der Waals surface area contributed by atoms with Crippen molar-refractivity contribution in [1.82, 2.24) is 10.6 Å². The molecule has 3 rings (SSSR count). The summed E-state index contributed by atoms with van der Waals surface area (Å²) in [6.07, 6.45) is 0.575. The normalized spacial score (nSPS) is 12.2. The third-order valence-corrected chi connectivity index (χ3v) is 6.18. The molecule has 0 aliphatic carbocycles. The van der Waals surface area contributed by atoms with Gasteiger partial charge in [-0.25, -0.2) is 0 Å². The highest BCUT2D eigenvalue weighted by atomic mass is 16.5. The predicted octanol–water partition coefficient (Wildman–Crippen LogP) is 3.90. The van der Waals surface area contributed by atoms with Gasteiger partial charge in [0, 0.05) is 29.8 Å². The number of carbonyl (C=O) groups excluding carboxylic acids is 1. The highest BCUT2D eigenvalue weighted by Gasteiger charge is 2.21. The van der Waals surface area contributed by atoms with Gasteiger partial charge >= 0.3 is 0 Å². The molecule has 7 heteroatoms. The molecular weight excluding hydrogens is 468 g/mol. The maximum atomic E-state index is 12.8. The molecule has 3 aromatic rings. The lowest BCUT2D eigenvalue weighted by molar-refractivity contribution is 0.0954. The van der Waals surface area contributed by atoms with Gasteiger partial charge in [-0.1, -0.05) is 30.3 Å². The van der Waals surface area contributed by atoms with Crippen LogP contribution >= 0.6 is 0 Å². The van der Waals surface area contributed by atoms with Crippen molar-refractivity contribution in [3.05, 3.63) is 94.5 Å². The molecule has 0 saturated heterocycles. The van der Waals surface area contributed by atoms with Crippen molar-refractivity contribution in [2.75, 3.05) is 19.7 Å². The van der Waals surface area contributed by atoms with E-state index in [0.29, 0.717) is 49.2 Å². The van der Waals surface area contributed by atoms with Crippen LogP contribution in [0.2, 0.25) is 0 Å². The number of β-amino-alcohol motifs (C(OH)–C–C–N with tert-alkyl or cyclic N) is 1. The first-order valence-electron chi connectivity index (χ1n) is 12.7. The standard InChI is InChI=1S/C30H38N2O5/c1-4-37-26-10-6-7-21(16-26)13-14-31-29(36)24-9-5-8-22(15-24)18-30(2,3)32-19-28(35)23-11-12-27(34)25(17-23)20-33/h5-12,15-17,28,32-35H,4,13-14,18-20H2,1-3H3,(H,31,36)/t28-/m1/s1. The molecule has 0 spiro atoms. The second-order valence-corrected chi connectivity index (χ2v) is 9.79. The Morgan fingerprint density at radius 3 is 2.54 bits per heavy atom. The number of rotatable bonds is 13. The Hall–Kier alpha value is -3.39. The number of carbonyl (C=O) groups is 1. The summed E-state index contributed by atoms with van der Waals surface area (Å²) < 4.78 is 5.54. The van der Waals surface area contributed by atoms with E-state index >= 15 is 0 Å². The zero-order chi connectivity index (χ0) is 26.8. The molecule has 0 saturated carbocycles. The summed E-state index contributed by atoms with van der Waals surface area (Å²) in [5.74, 6) is 0.725. The maximum Gasteiger partial charge on any atom is 0.251 e. The van der Waals surface area contributed by atoms with E-state index in [4.69, 9.17) is 4.74 Å². The number of amides is 1. The minimum atomic E-state index is -0.795. The fourth-order valence-corrected chi connectivity index (χ4v) is 4.21. The van der Waals surface area contributed by atoms with Gasteiger partial charge in [0.1, 0.15) is 11.5 Å². The Morgan fingerprint density at radius 2 is 1.78 bits per heavy atom. The lowest BCUT2D eigenvalue weighted by atomic mass is 9.93. The lowest BCUT2D eigenvalue weighted by Crippen LogP contribution is -2.43. The molecule has 1 amide bonds. The van der Waals surface area contributed by atoms with Crippen LogP contribution in [0.3, 0.4) is 0 Å². The van der Waals surface area contributed by atoms with Gasteiger partial charge in [-0.05, 0) is 86.7 Å². The molecule has 0 heterocycles. The number of aromatic hydroxyl groups is 1. The van der Waals surface area contributed by atoms with Crippen molar-refractivity contribution >= 4 is 5.91 Å². The average molecular weight is 507 g/mol. The highest BCUT2D eigenvalue weighted by molar-refractivity contribution is 5.94. The minimum absolute atomic E-state index is 0.00596. The zero-order valence-corrected chi connectivity index (χ0v) is 21.8. The molecule has 198 valence electrons. The van der Waals surface area contributed by atoms with Crippen molar-refractivity contribution in [1.29, 1.82) is 0 Å². The van der Waals surface area contributed by atoms with Crippen LogP contribution < -0.4 is 15.4 Å². The summed E-state index contributed by atoms with van der Waals surface area (Å²) in [4.78, 5) is 12.8. The van der Waals surface area contributed by atoms with E-state index < -0.39 is 6.10 Å². The zero-order valence-electron chi connectivity index (χ0n) is 21.8. The van der Waals surface area contributed by atoms with E-state index in [0.717, 1.165) is 16.9 Å². The van der Waals surface area contributed by atoms with Crippen LogP contribution in [0, 0.1) is 0 Å². The Labute approximate surface area is 219 Å². The third kappa shape index (κ3) is 8.60. The SMILES string of the molecule is CCOc1cccc(CCNC(=O)c2cccc(CC(C)(C)NC[C@@H](O)c3ccc(O)c(CO)c3)c2)c1. The smallest absolute Gasteiger partial charge is 0.251 e. The Morgan fingerprint density at radius 1 is 1.03 bits per heavy atom. The second-order valence-electron chi connectivity index (χ2n) is 9.79. The van der Waals surface area contributed by atoms with E-state index in [1.807, 2.05) is 69.3 Å². The molecule has 0 aliphatic rings. The van der Waals surface area contributed by atoms with Gasteiger partial charge in [0.15, 0.2) is 0 Å². The molecular formula is C30H38N2O5. The molecule has 7 nitrogen and oxygen atoms in total. The molecule has 5 N–H and O–H groups in total. The molecule has 3 aromatic carbocycles. The second kappa shape index (κ2) is 13.2. The Bertz CT molecular complexity index is 1180. The Kier molecular flexibility index (Phi) is 10.1. The van der Waals surface area contributed by atoms with Crippen molar-refractivity contribution < 1.29 is 24.9 Å². The van der Waals surface area contributed by atoms with E-state index in [9.17, 15) is 20.1 Å². The molecule has 0 fully saturated rings. The summed E-state index contributed by atoms with van der Waals surface area (Å²) in [7, 11) is 0. The minimum Gasteiger partial charge on any atom is -0.508 e. The van der Waals surface area contributed by atoms with Crippen LogP contribution in [0.25, 0.3) is 0 Å². The number of nitrogens with one attached hydrogen (secondary N) is 2. The molecule has 37 heavy (non-hydrogen) atoms. The summed E-state index contributed by atoms with van der Waals surface area (Å²) in [6, 6.07) is 20.2. The van der Waals surface area contributed by atoms with Crippen LogP contribution in [0.1, 0.15) is 59.5 Å².